The highest BCUT2D eigenvalue weighted by Crippen LogP contribution is 2.48. The molecule has 30 heavy (non-hydrogen) atoms. The molecule has 2 N–H and O–H groups in total. The second kappa shape index (κ2) is 7.65. The lowest BCUT2D eigenvalue weighted by molar-refractivity contribution is -0.137. The number of hydrogen-bond donors (Lipinski definition) is 2. The van der Waals surface area contributed by atoms with Gasteiger partial charge in [-0.1, -0.05) is 24.3 Å². The Balaban J connectivity index is 1.69. The highest BCUT2D eigenvalue weighted by molar-refractivity contribution is 5.97. The summed E-state index contributed by atoms with van der Waals surface area (Å²) < 4.78 is 11.9. The van der Waals surface area contributed by atoms with Crippen molar-refractivity contribution in [2.45, 2.75) is 43.4 Å². The molecule has 0 spiro atoms. The summed E-state index contributed by atoms with van der Waals surface area (Å²) in [4.78, 5) is 25.3. The molecule has 2 aromatic carbocycles. The van der Waals surface area contributed by atoms with Crippen LogP contribution < -0.4 is 9.47 Å². The fraction of sp³-hybridized carbons (Fsp3) is 0.391. The van der Waals surface area contributed by atoms with Crippen LogP contribution in [0.15, 0.2) is 48.0 Å². The number of aliphatic carboxylic acids is 2. The Labute approximate surface area is 174 Å². The van der Waals surface area contributed by atoms with Crippen LogP contribution in [0.3, 0.4) is 0 Å². The van der Waals surface area contributed by atoms with E-state index in [1.165, 1.54) is 0 Å². The molecule has 2 fully saturated rings. The Morgan fingerprint density at radius 2 is 1.80 bits per heavy atom. The van der Waals surface area contributed by atoms with Crippen molar-refractivity contribution in [2.75, 3.05) is 14.2 Å². The molecule has 0 saturated carbocycles. The average Bonchev–Trinajstić information content (AvgIpc) is 2.90. The normalized spacial score (nSPS) is 26.5. The Hall–Kier alpha value is -3.06. The molecule has 0 aliphatic carbocycles. The van der Waals surface area contributed by atoms with Crippen LogP contribution in [-0.4, -0.2) is 58.9 Å². The number of nitrogens with zero attached hydrogens (tertiary/aromatic N) is 1. The van der Waals surface area contributed by atoms with Gasteiger partial charge in [-0.05, 0) is 38.4 Å². The van der Waals surface area contributed by atoms with E-state index in [-0.39, 0.29) is 17.7 Å². The van der Waals surface area contributed by atoms with Gasteiger partial charge in [0.15, 0.2) is 0 Å². The van der Waals surface area contributed by atoms with Crippen LogP contribution in [0.1, 0.15) is 25.7 Å². The molecule has 3 unspecified atom stereocenters. The van der Waals surface area contributed by atoms with E-state index >= 15 is 0 Å². The van der Waals surface area contributed by atoms with Crippen LogP contribution in [0.25, 0.3) is 10.8 Å². The third kappa shape index (κ3) is 3.29. The molecule has 2 aliphatic rings. The van der Waals surface area contributed by atoms with Crippen molar-refractivity contribution in [3.63, 3.8) is 0 Å². The Morgan fingerprint density at radius 1 is 1.13 bits per heavy atom. The monoisotopic (exact) mass is 411 g/mol. The van der Waals surface area contributed by atoms with Gasteiger partial charge in [0, 0.05) is 29.3 Å². The van der Waals surface area contributed by atoms with E-state index in [1.54, 1.807) is 7.11 Å². The number of hydrogen-bond acceptors (Lipinski definition) is 5. The largest absolute Gasteiger partial charge is 0.496 e. The van der Waals surface area contributed by atoms with Gasteiger partial charge in [-0.25, -0.2) is 9.59 Å². The van der Waals surface area contributed by atoms with E-state index in [4.69, 9.17) is 9.47 Å². The summed E-state index contributed by atoms with van der Waals surface area (Å²) in [6.45, 7) is 0. The lowest BCUT2D eigenvalue weighted by Crippen LogP contribution is -2.55. The van der Waals surface area contributed by atoms with Crippen molar-refractivity contribution < 1.29 is 29.3 Å². The van der Waals surface area contributed by atoms with E-state index in [9.17, 15) is 19.8 Å². The standard InChI is InChI=1S/C23H25NO6/c1-24-14-9-10-23(24,18(22(27)28)12-21(25)26)13-15(11-14)30-20-8-7-19(29-2)16-5-3-4-6-17(16)20/h3-8,12,14-15H,9-11,13H2,1-2H3,(H,25,26)(H,27,28)/b18-12-. The van der Waals surface area contributed by atoms with Crippen molar-refractivity contribution >= 4 is 22.7 Å². The highest BCUT2D eigenvalue weighted by atomic mass is 16.5. The maximum atomic E-state index is 12.0. The number of piperidine rings is 1. The van der Waals surface area contributed by atoms with Crippen molar-refractivity contribution in [2.24, 2.45) is 0 Å². The number of benzene rings is 2. The number of carboxylic acid groups (broad SMARTS) is 2. The topological polar surface area (TPSA) is 96.3 Å². The zero-order chi connectivity index (χ0) is 21.5. The summed E-state index contributed by atoms with van der Waals surface area (Å²) in [5, 5.41) is 20.9. The summed E-state index contributed by atoms with van der Waals surface area (Å²) >= 11 is 0. The van der Waals surface area contributed by atoms with Crippen molar-refractivity contribution in [1.82, 2.24) is 4.90 Å². The van der Waals surface area contributed by atoms with Gasteiger partial charge in [-0.15, -0.1) is 0 Å². The summed E-state index contributed by atoms with van der Waals surface area (Å²) in [5.41, 5.74) is -0.923. The number of likely N-dealkylation sites (N-methyl/N-ethyl adjacent to an activating group) is 1. The van der Waals surface area contributed by atoms with Gasteiger partial charge in [0.05, 0.1) is 18.2 Å². The van der Waals surface area contributed by atoms with Crippen molar-refractivity contribution in [3.05, 3.63) is 48.0 Å². The number of carbonyl (C=O) groups is 2. The Bertz CT molecular complexity index is 1030. The molecule has 4 rings (SSSR count). The van der Waals surface area contributed by atoms with E-state index in [2.05, 4.69) is 0 Å². The molecular weight excluding hydrogens is 386 g/mol. The van der Waals surface area contributed by atoms with E-state index in [0.29, 0.717) is 12.8 Å². The van der Waals surface area contributed by atoms with Crippen LogP contribution in [0.5, 0.6) is 11.5 Å². The SMILES string of the molecule is COc1ccc(OC2CC3CCC(/C(=C\C(=O)O)C(=O)O)(C2)N3C)c2ccccc12. The van der Waals surface area contributed by atoms with Crippen LogP contribution >= 0.6 is 0 Å². The minimum Gasteiger partial charge on any atom is -0.496 e. The van der Waals surface area contributed by atoms with Crippen LogP contribution in [0, 0.1) is 0 Å². The Kier molecular flexibility index (Phi) is 5.15. The summed E-state index contributed by atoms with van der Waals surface area (Å²) in [7, 11) is 3.51. The quantitative estimate of drug-likeness (QED) is 0.704. The van der Waals surface area contributed by atoms with E-state index in [0.717, 1.165) is 41.2 Å². The first-order chi connectivity index (χ1) is 14.4. The molecular formula is C23H25NO6. The highest BCUT2D eigenvalue weighted by Gasteiger charge is 2.54. The van der Waals surface area contributed by atoms with Crippen LogP contribution in [0.2, 0.25) is 0 Å². The number of rotatable bonds is 6. The number of fused-ring (bicyclic) bond motifs is 3. The number of ether oxygens (including phenoxy) is 2. The minimum atomic E-state index is -1.25. The molecule has 158 valence electrons. The first-order valence-electron chi connectivity index (χ1n) is 9.99. The van der Waals surface area contributed by atoms with E-state index in [1.807, 2.05) is 48.3 Å². The smallest absolute Gasteiger partial charge is 0.333 e. The summed E-state index contributed by atoms with van der Waals surface area (Å²) in [5.74, 6) is -0.965. The summed E-state index contributed by atoms with van der Waals surface area (Å²) in [6.07, 6.45) is 3.21. The third-order valence-corrected chi connectivity index (χ3v) is 6.57. The first-order valence-corrected chi connectivity index (χ1v) is 9.99. The van der Waals surface area contributed by atoms with E-state index < -0.39 is 17.5 Å². The minimum absolute atomic E-state index is 0.0760. The summed E-state index contributed by atoms with van der Waals surface area (Å²) in [6, 6.07) is 11.7. The molecule has 0 aromatic heterocycles. The molecule has 3 atom stereocenters. The lowest BCUT2D eigenvalue weighted by atomic mass is 9.80. The van der Waals surface area contributed by atoms with Gasteiger partial charge >= 0.3 is 11.9 Å². The zero-order valence-electron chi connectivity index (χ0n) is 17.0. The third-order valence-electron chi connectivity index (χ3n) is 6.57. The zero-order valence-corrected chi connectivity index (χ0v) is 17.0. The molecule has 2 bridgehead atoms. The van der Waals surface area contributed by atoms with Gasteiger partial charge in [0.1, 0.15) is 17.6 Å². The maximum Gasteiger partial charge on any atom is 0.333 e. The van der Waals surface area contributed by atoms with Gasteiger partial charge in [-0.3, -0.25) is 4.90 Å². The molecule has 2 aliphatic heterocycles. The second-order valence-electron chi connectivity index (χ2n) is 8.03. The number of carboxylic acids is 2. The molecule has 7 heteroatoms. The maximum absolute atomic E-state index is 12.0. The number of methoxy groups -OCH3 is 1. The molecule has 2 saturated heterocycles. The Morgan fingerprint density at radius 3 is 2.43 bits per heavy atom. The van der Waals surface area contributed by atoms with Crippen molar-refractivity contribution in [1.29, 1.82) is 0 Å². The lowest BCUT2D eigenvalue weighted by Gasteiger charge is -2.46. The van der Waals surface area contributed by atoms with Gasteiger partial charge in [-0.2, -0.15) is 0 Å². The van der Waals surface area contributed by atoms with Crippen molar-refractivity contribution in [3.8, 4) is 11.5 Å². The molecule has 0 radical (unpaired) electrons. The fourth-order valence-electron chi connectivity index (χ4n) is 5.16. The first kappa shape index (κ1) is 20.2. The predicted octanol–water partition coefficient (Wildman–Crippen LogP) is 3.32. The van der Waals surface area contributed by atoms with Gasteiger partial charge in [0.25, 0.3) is 0 Å². The molecule has 0 amide bonds. The molecule has 2 aromatic rings. The second-order valence-corrected chi connectivity index (χ2v) is 8.03. The van der Waals surface area contributed by atoms with Gasteiger partial charge < -0.3 is 19.7 Å². The van der Waals surface area contributed by atoms with Crippen LogP contribution in [-0.2, 0) is 9.59 Å². The van der Waals surface area contributed by atoms with Gasteiger partial charge in [0.2, 0.25) is 0 Å². The molecule has 2 heterocycles. The van der Waals surface area contributed by atoms with Crippen LogP contribution in [0.4, 0.5) is 0 Å². The predicted molar refractivity (Wildman–Crippen MR) is 111 cm³/mol. The average molecular weight is 411 g/mol. The molecule has 7 nitrogen and oxygen atoms in total. The fourth-order valence-corrected chi connectivity index (χ4v) is 5.16.